The van der Waals surface area contributed by atoms with Crippen LogP contribution in [-0.4, -0.2) is 22.6 Å². The van der Waals surface area contributed by atoms with Crippen LogP contribution in [-0.2, 0) is 0 Å². The van der Waals surface area contributed by atoms with Gasteiger partial charge in [-0.05, 0) is 12.3 Å². The van der Waals surface area contributed by atoms with Gasteiger partial charge in [0.1, 0.15) is 5.69 Å². The third-order valence-electron chi connectivity index (χ3n) is 2.99. The van der Waals surface area contributed by atoms with E-state index in [4.69, 9.17) is 5.73 Å². The van der Waals surface area contributed by atoms with Gasteiger partial charge in [0.15, 0.2) is 0 Å². The van der Waals surface area contributed by atoms with E-state index in [1.165, 1.54) is 19.0 Å². The van der Waals surface area contributed by atoms with E-state index in [9.17, 15) is 4.79 Å². The van der Waals surface area contributed by atoms with E-state index in [1.807, 2.05) is 0 Å². The van der Waals surface area contributed by atoms with Crippen LogP contribution < -0.4 is 11.1 Å². The maximum atomic E-state index is 11.8. The predicted molar refractivity (Wildman–Crippen MR) is 68.6 cm³/mol. The Balaban J connectivity index is 2.39. The molecule has 0 bridgehead atoms. The molecule has 0 aliphatic heterocycles. The molecule has 1 amide bonds. The van der Waals surface area contributed by atoms with Gasteiger partial charge >= 0.3 is 0 Å². The summed E-state index contributed by atoms with van der Waals surface area (Å²) in [6.45, 7) is 5.03. The van der Waals surface area contributed by atoms with Crippen molar-refractivity contribution in [2.24, 2.45) is 5.92 Å². The van der Waals surface area contributed by atoms with Crippen LogP contribution >= 0.6 is 0 Å². The normalized spacial score (nSPS) is 12.4. The number of aromatic amines is 1. The van der Waals surface area contributed by atoms with Crippen LogP contribution in [0.15, 0.2) is 6.20 Å². The molecule has 96 valence electrons. The number of nitrogen functional groups attached to an aromatic ring is 1. The summed E-state index contributed by atoms with van der Waals surface area (Å²) in [5.74, 6) is 0.373. The summed E-state index contributed by atoms with van der Waals surface area (Å²) in [5.41, 5.74) is 6.36. The number of hydrogen-bond acceptors (Lipinski definition) is 3. The quantitative estimate of drug-likeness (QED) is 0.678. The van der Waals surface area contributed by atoms with Crippen molar-refractivity contribution < 1.29 is 4.79 Å². The molecular formula is C12H22N4O. The van der Waals surface area contributed by atoms with Crippen molar-refractivity contribution in [2.45, 2.75) is 39.5 Å². The Morgan fingerprint density at radius 1 is 1.59 bits per heavy atom. The monoisotopic (exact) mass is 238 g/mol. The Labute approximate surface area is 102 Å². The van der Waals surface area contributed by atoms with E-state index in [0.717, 1.165) is 12.8 Å². The summed E-state index contributed by atoms with van der Waals surface area (Å²) in [5, 5.41) is 9.23. The number of amides is 1. The fraction of sp³-hybridized carbons (Fsp3) is 0.667. The summed E-state index contributed by atoms with van der Waals surface area (Å²) in [6, 6.07) is 0. The van der Waals surface area contributed by atoms with Gasteiger partial charge in [-0.25, -0.2) is 0 Å². The fourth-order valence-electron chi connectivity index (χ4n) is 1.75. The van der Waals surface area contributed by atoms with Gasteiger partial charge in [-0.1, -0.05) is 33.1 Å². The van der Waals surface area contributed by atoms with Crippen molar-refractivity contribution in [3.8, 4) is 0 Å². The lowest BCUT2D eigenvalue weighted by molar-refractivity contribution is 0.0941. The number of unbranched alkanes of at least 4 members (excludes halogenated alkanes) is 1. The van der Waals surface area contributed by atoms with Crippen molar-refractivity contribution >= 4 is 11.6 Å². The highest BCUT2D eigenvalue weighted by Gasteiger charge is 2.13. The van der Waals surface area contributed by atoms with Crippen LogP contribution in [0.5, 0.6) is 0 Å². The van der Waals surface area contributed by atoms with Gasteiger partial charge in [0.2, 0.25) is 0 Å². The molecule has 0 saturated carbocycles. The Bertz CT molecular complexity index is 348. The van der Waals surface area contributed by atoms with Crippen LogP contribution in [0.1, 0.15) is 50.0 Å². The van der Waals surface area contributed by atoms with Gasteiger partial charge in [-0.3, -0.25) is 9.89 Å². The molecule has 0 saturated heterocycles. The van der Waals surface area contributed by atoms with Crippen molar-refractivity contribution in [2.75, 3.05) is 12.3 Å². The van der Waals surface area contributed by atoms with E-state index in [1.54, 1.807) is 0 Å². The minimum absolute atomic E-state index is 0.171. The number of carbonyl (C=O) groups excluding carboxylic acids is 1. The van der Waals surface area contributed by atoms with Crippen molar-refractivity contribution in [3.05, 3.63) is 11.9 Å². The minimum Gasteiger partial charge on any atom is -0.396 e. The van der Waals surface area contributed by atoms with Gasteiger partial charge in [0.05, 0.1) is 11.9 Å². The zero-order valence-corrected chi connectivity index (χ0v) is 10.6. The van der Waals surface area contributed by atoms with E-state index >= 15 is 0 Å². The second kappa shape index (κ2) is 6.93. The van der Waals surface area contributed by atoms with Crippen LogP contribution in [0.3, 0.4) is 0 Å². The lowest BCUT2D eigenvalue weighted by Gasteiger charge is -2.14. The number of rotatable bonds is 7. The largest absolute Gasteiger partial charge is 0.396 e. The molecule has 1 aromatic heterocycles. The van der Waals surface area contributed by atoms with E-state index in [0.29, 0.717) is 23.8 Å². The molecule has 0 aliphatic carbocycles. The predicted octanol–water partition coefficient (Wildman–Crippen LogP) is 1.94. The zero-order chi connectivity index (χ0) is 12.7. The molecule has 0 aromatic carbocycles. The third-order valence-corrected chi connectivity index (χ3v) is 2.99. The SMILES string of the molecule is CCCCC(CC)CNC(=O)c1[nH]ncc1N. The molecule has 5 nitrogen and oxygen atoms in total. The maximum Gasteiger partial charge on any atom is 0.271 e. The van der Waals surface area contributed by atoms with Crippen molar-refractivity contribution in [3.63, 3.8) is 0 Å². The van der Waals surface area contributed by atoms with Gasteiger partial charge in [0.25, 0.3) is 5.91 Å². The van der Waals surface area contributed by atoms with E-state index in [-0.39, 0.29) is 5.91 Å². The molecule has 1 unspecified atom stereocenters. The number of H-pyrrole nitrogens is 1. The van der Waals surface area contributed by atoms with Gasteiger partial charge in [-0.2, -0.15) is 5.10 Å². The highest BCUT2D eigenvalue weighted by Crippen LogP contribution is 2.12. The number of nitrogens with two attached hydrogens (primary N) is 1. The zero-order valence-electron chi connectivity index (χ0n) is 10.6. The Hall–Kier alpha value is -1.52. The molecule has 0 fully saturated rings. The first kappa shape index (κ1) is 13.5. The molecule has 1 aromatic rings. The van der Waals surface area contributed by atoms with Crippen LogP contribution in [0.4, 0.5) is 5.69 Å². The fourth-order valence-corrected chi connectivity index (χ4v) is 1.75. The van der Waals surface area contributed by atoms with Crippen molar-refractivity contribution in [1.82, 2.24) is 15.5 Å². The molecule has 4 N–H and O–H groups in total. The number of hydrogen-bond donors (Lipinski definition) is 3. The molecule has 1 heterocycles. The summed E-state index contributed by atoms with van der Waals surface area (Å²) >= 11 is 0. The lowest BCUT2D eigenvalue weighted by atomic mass is 9.99. The van der Waals surface area contributed by atoms with Crippen LogP contribution in [0.2, 0.25) is 0 Å². The van der Waals surface area contributed by atoms with Gasteiger partial charge in [-0.15, -0.1) is 0 Å². The van der Waals surface area contributed by atoms with Crippen LogP contribution in [0, 0.1) is 5.92 Å². The highest BCUT2D eigenvalue weighted by atomic mass is 16.1. The molecule has 0 radical (unpaired) electrons. The Kier molecular flexibility index (Phi) is 5.52. The molecule has 0 aliphatic rings. The highest BCUT2D eigenvalue weighted by molar-refractivity contribution is 5.96. The summed E-state index contributed by atoms with van der Waals surface area (Å²) in [7, 11) is 0. The number of carbonyl (C=O) groups is 1. The molecular weight excluding hydrogens is 216 g/mol. The van der Waals surface area contributed by atoms with Crippen molar-refractivity contribution in [1.29, 1.82) is 0 Å². The lowest BCUT2D eigenvalue weighted by Crippen LogP contribution is -2.30. The first-order chi connectivity index (χ1) is 8.19. The van der Waals surface area contributed by atoms with E-state index < -0.39 is 0 Å². The molecule has 17 heavy (non-hydrogen) atoms. The second-order valence-electron chi connectivity index (χ2n) is 4.33. The third kappa shape index (κ3) is 4.09. The first-order valence-corrected chi connectivity index (χ1v) is 6.26. The summed E-state index contributed by atoms with van der Waals surface area (Å²) in [4.78, 5) is 11.8. The first-order valence-electron chi connectivity index (χ1n) is 6.26. The average molecular weight is 238 g/mol. The molecule has 1 atom stereocenters. The average Bonchev–Trinajstić information content (AvgIpc) is 2.75. The number of nitrogens with zero attached hydrogens (tertiary/aromatic N) is 1. The molecule has 0 spiro atoms. The number of anilines is 1. The maximum absolute atomic E-state index is 11.8. The standard InChI is InChI=1S/C12H22N4O/c1-3-5-6-9(4-2)7-14-12(17)11-10(13)8-15-16-11/h8-9H,3-7,13H2,1-2H3,(H,14,17)(H,15,16). The summed E-state index contributed by atoms with van der Waals surface area (Å²) < 4.78 is 0. The molecule has 5 heteroatoms. The Morgan fingerprint density at radius 2 is 2.35 bits per heavy atom. The summed E-state index contributed by atoms with van der Waals surface area (Å²) in [6.07, 6.45) is 6.09. The second-order valence-corrected chi connectivity index (χ2v) is 4.33. The topological polar surface area (TPSA) is 83.8 Å². The smallest absolute Gasteiger partial charge is 0.271 e. The minimum atomic E-state index is -0.171. The van der Waals surface area contributed by atoms with E-state index in [2.05, 4.69) is 29.4 Å². The number of aromatic nitrogens is 2. The van der Waals surface area contributed by atoms with Crippen LogP contribution in [0.25, 0.3) is 0 Å². The van der Waals surface area contributed by atoms with Gasteiger partial charge < -0.3 is 11.1 Å². The Morgan fingerprint density at radius 3 is 2.88 bits per heavy atom. The molecule has 1 rings (SSSR count). The number of nitrogens with one attached hydrogen (secondary N) is 2. The van der Waals surface area contributed by atoms with Gasteiger partial charge in [0, 0.05) is 6.54 Å².